The predicted octanol–water partition coefficient (Wildman–Crippen LogP) is 2.69. The number of amides is 1. The maximum Gasteiger partial charge on any atom is 0.471 e. The molecule has 94 valence electrons. The summed E-state index contributed by atoms with van der Waals surface area (Å²) in [6.07, 6.45) is -2.68. The SMILES string of the molecule is O=C(NCCCCc1ccccc1)C(F)(F)F. The summed E-state index contributed by atoms with van der Waals surface area (Å²) in [7, 11) is 0. The molecular formula is C12H14F3NO. The number of aryl methyl sites for hydroxylation is 1. The second-order valence-electron chi connectivity index (χ2n) is 3.70. The van der Waals surface area contributed by atoms with Crippen LogP contribution in [0, 0.1) is 0 Å². The third-order valence-electron chi connectivity index (χ3n) is 2.28. The number of rotatable bonds is 5. The Hall–Kier alpha value is -1.52. The second kappa shape index (κ2) is 6.27. The summed E-state index contributed by atoms with van der Waals surface area (Å²) >= 11 is 0. The molecule has 5 heteroatoms. The number of unbranched alkanes of at least 4 members (excludes halogenated alkanes) is 1. The molecule has 1 aromatic rings. The zero-order valence-corrected chi connectivity index (χ0v) is 9.26. The molecule has 0 radical (unpaired) electrons. The van der Waals surface area contributed by atoms with E-state index in [4.69, 9.17) is 0 Å². The van der Waals surface area contributed by atoms with Crippen LogP contribution in [0.5, 0.6) is 0 Å². The fraction of sp³-hybridized carbons (Fsp3) is 0.417. The highest BCUT2D eigenvalue weighted by molar-refractivity contribution is 5.81. The third-order valence-corrected chi connectivity index (χ3v) is 2.28. The molecule has 0 aliphatic heterocycles. The van der Waals surface area contributed by atoms with Gasteiger partial charge in [-0.15, -0.1) is 0 Å². The third kappa shape index (κ3) is 5.38. The molecule has 1 N–H and O–H groups in total. The number of halogens is 3. The molecular weight excluding hydrogens is 231 g/mol. The molecule has 0 bridgehead atoms. The van der Waals surface area contributed by atoms with Gasteiger partial charge in [0.05, 0.1) is 0 Å². The minimum atomic E-state index is -4.78. The van der Waals surface area contributed by atoms with Crippen molar-refractivity contribution < 1.29 is 18.0 Å². The number of hydrogen-bond donors (Lipinski definition) is 1. The van der Waals surface area contributed by atoms with Gasteiger partial charge >= 0.3 is 12.1 Å². The number of alkyl halides is 3. The van der Waals surface area contributed by atoms with Gasteiger partial charge in [-0.1, -0.05) is 30.3 Å². The number of carbonyl (C=O) groups is 1. The van der Waals surface area contributed by atoms with Crippen molar-refractivity contribution >= 4 is 5.91 Å². The van der Waals surface area contributed by atoms with Crippen LogP contribution in [-0.2, 0) is 11.2 Å². The van der Waals surface area contributed by atoms with Crippen LogP contribution in [0.1, 0.15) is 18.4 Å². The Bertz CT molecular complexity index is 349. The summed E-state index contributed by atoms with van der Waals surface area (Å²) in [5, 5.41) is 1.84. The first kappa shape index (κ1) is 13.5. The van der Waals surface area contributed by atoms with E-state index in [1.54, 1.807) is 0 Å². The van der Waals surface area contributed by atoms with Gasteiger partial charge in [0.15, 0.2) is 0 Å². The standard InChI is InChI=1S/C12H14F3NO/c13-12(14,15)11(17)16-9-5-4-8-10-6-2-1-3-7-10/h1-3,6-7H,4-5,8-9H2,(H,16,17). The van der Waals surface area contributed by atoms with Crippen molar-refractivity contribution in [2.24, 2.45) is 0 Å². The first-order chi connectivity index (χ1) is 8.00. The average molecular weight is 245 g/mol. The second-order valence-corrected chi connectivity index (χ2v) is 3.70. The lowest BCUT2D eigenvalue weighted by Crippen LogP contribution is -2.37. The van der Waals surface area contributed by atoms with Crippen LogP contribution in [0.4, 0.5) is 13.2 Å². The van der Waals surface area contributed by atoms with Crippen LogP contribution in [0.2, 0.25) is 0 Å². The van der Waals surface area contributed by atoms with Gasteiger partial charge in [-0.2, -0.15) is 13.2 Å². The van der Waals surface area contributed by atoms with Crippen LogP contribution in [0.3, 0.4) is 0 Å². The van der Waals surface area contributed by atoms with Crippen molar-refractivity contribution in [1.82, 2.24) is 5.32 Å². The van der Waals surface area contributed by atoms with Crippen LogP contribution in [0.15, 0.2) is 30.3 Å². The van der Waals surface area contributed by atoms with Crippen LogP contribution >= 0.6 is 0 Å². The Morgan fingerprint density at radius 2 is 1.76 bits per heavy atom. The van der Waals surface area contributed by atoms with Crippen molar-refractivity contribution in [2.45, 2.75) is 25.4 Å². The molecule has 0 atom stereocenters. The highest BCUT2D eigenvalue weighted by atomic mass is 19.4. The average Bonchev–Trinajstić information content (AvgIpc) is 2.28. The Kier molecular flexibility index (Phi) is 5.00. The predicted molar refractivity (Wildman–Crippen MR) is 58.4 cm³/mol. The molecule has 0 fully saturated rings. The van der Waals surface area contributed by atoms with E-state index in [9.17, 15) is 18.0 Å². The van der Waals surface area contributed by atoms with Crippen molar-refractivity contribution in [1.29, 1.82) is 0 Å². The Balaban J connectivity index is 2.12. The van der Waals surface area contributed by atoms with E-state index < -0.39 is 12.1 Å². The van der Waals surface area contributed by atoms with Crippen LogP contribution in [-0.4, -0.2) is 18.6 Å². The van der Waals surface area contributed by atoms with Gasteiger partial charge < -0.3 is 5.32 Å². The minimum Gasteiger partial charge on any atom is -0.348 e. The normalized spacial score (nSPS) is 11.2. The van der Waals surface area contributed by atoms with Gasteiger partial charge in [0.25, 0.3) is 0 Å². The van der Waals surface area contributed by atoms with E-state index in [1.807, 2.05) is 35.6 Å². The summed E-state index contributed by atoms with van der Waals surface area (Å²) in [5.74, 6) is -1.86. The molecule has 1 aromatic carbocycles. The summed E-state index contributed by atoms with van der Waals surface area (Å²) in [5.41, 5.74) is 1.15. The maximum absolute atomic E-state index is 11.8. The molecule has 1 rings (SSSR count). The largest absolute Gasteiger partial charge is 0.471 e. The highest BCUT2D eigenvalue weighted by Crippen LogP contribution is 2.14. The summed E-state index contributed by atoms with van der Waals surface area (Å²) in [4.78, 5) is 10.5. The minimum absolute atomic E-state index is 0.0607. The van der Waals surface area contributed by atoms with E-state index in [-0.39, 0.29) is 6.54 Å². The quantitative estimate of drug-likeness (QED) is 0.794. The van der Waals surface area contributed by atoms with E-state index in [0.29, 0.717) is 6.42 Å². The Morgan fingerprint density at radius 3 is 2.35 bits per heavy atom. The van der Waals surface area contributed by atoms with Crippen molar-refractivity contribution in [3.05, 3.63) is 35.9 Å². The Morgan fingerprint density at radius 1 is 1.12 bits per heavy atom. The molecule has 0 aliphatic carbocycles. The van der Waals surface area contributed by atoms with Gasteiger partial charge in [-0.05, 0) is 24.8 Å². The van der Waals surface area contributed by atoms with Crippen molar-refractivity contribution in [2.75, 3.05) is 6.54 Å². The molecule has 0 aromatic heterocycles. The number of hydrogen-bond acceptors (Lipinski definition) is 1. The first-order valence-electron chi connectivity index (χ1n) is 5.39. The van der Waals surface area contributed by atoms with E-state index in [1.165, 1.54) is 0 Å². The van der Waals surface area contributed by atoms with Gasteiger partial charge in [-0.3, -0.25) is 4.79 Å². The van der Waals surface area contributed by atoms with Crippen LogP contribution < -0.4 is 5.32 Å². The molecule has 0 unspecified atom stereocenters. The molecule has 0 saturated heterocycles. The monoisotopic (exact) mass is 245 g/mol. The molecule has 0 spiro atoms. The molecule has 0 heterocycles. The van der Waals surface area contributed by atoms with Gasteiger partial charge in [0.2, 0.25) is 0 Å². The summed E-state index contributed by atoms with van der Waals surface area (Å²) in [6.45, 7) is 0.0607. The van der Waals surface area contributed by atoms with Gasteiger partial charge in [0.1, 0.15) is 0 Å². The molecule has 2 nitrogen and oxygen atoms in total. The van der Waals surface area contributed by atoms with Gasteiger partial charge in [-0.25, -0.2) is 0 Å². The topological polar surface area (TPSA) is 29.1 Å². The zero-order chi connectivity index (χ0) is 12.7. The fourth-order valence-electron chi connectivity index (χ4n) is 1.40. The van der Waals surface area contributed by atoms with Gasteiger partial charge in [0, 0.05) is 6.54 Å². The van der Waals surface area contributed by atoms with E-state index in [0.717, 1.165) is 18.4 Å². The van der Waals surface area contributed by atoms with Crippen molar-refractivity contribution in [3.8, 4) is 0 Å². The van der Waals surface area contributed by atoms with Crippen LogP contribution in [0.25, 0.3) is 0 Å². The van der Waals surface area contributed by atoms with E-state index >= 15 is 0 Å². The molecule has 0 saturated carbocycles. The smallest absolute Gasteiger partial charge is 0.348 e. The molecule has 17 heavy (non-hydrogen) atoms. The number of nitrogens with one attached hydrogen (secondary N) is 1. The molecule has 1 amide bonds. The molecule has 0 aliphatic rings. The summed E-state index contributed by atoms with van der Waals surface area (Å²) in [6, 6.07) is 9.68. The fourth-order valence-corrected chi connectivity index (χ4v) is 1.40. The van der Waals surface area contributed by atoms with E-state index in [2.05, 4.69) is 0 Å². The number of benzene rings is 1. The lowest BCUT2D eigenvalue weighted by molar-refractivity contribution is -0.173. The zero-order valence-electron chi connectivity index (χ0n) is 9.26. The van der Waals surface area contributed by atoms with Crippen molar-refractivity contribution in [3.63, 3.8) is 0 Å². The highest BCUT2D eigenvalue weighted by Gasteiger charge is 2.38. The lowest BCUT2D eigenvalue weighted by Gasteiger charge is -2.07. The lowest BCUT2D eigenvalue weighted by atomic mass is 10.1. The Labute approximate surface area is 97.8 Å². The first-order valence-corrected chi connectivity index (χ1v) is 5.39. The maximum atomic E-state index is 11.8. The number of carbonyl (C=O) groups excluding carboxylic acids is 1. The summed E-state index contributed by atoms with van der Waals surface area (Å²) < 4.78 is 35.4.